The molecule has 1 aliphatic heterocycles. The van der Waals surface area contributed by atoms with Crippen LogP contribution in [0.3, 0.4) is 0 Å². The van der Waals surface area contributed by atoms with E-state index < -0.39 is 0 Å². The molecule has 4 fully saturated rings. The van der Waals surface area contributed by atoms with Gasteiger partial charge in [0.05, 0.1) is 6.04 Å². The van der Waals surface area contributed by atoms with Crippen molar-refractivity contribution >= 4 is 0 Å². The van der Waals surface area contributed by atoms with Crippen molar-refractivity contribution in [2.75, 3.05) is 0 Å². The van der Waals surface area contributed by atoms with Gasteiger partial charge in [-0.05, 0) is 56.3 Å². The van der Waals surface area contributed by atoms with E-state index in [-0.39, 0.29) is 0 Å². The smallest absolute Gasteiger partial charge is 0.243 e. The van der Waals surface area contributed by atoms with Crippen LogP contribution < -0.4 is 5.32 Å². The van der Waals surface area contributed by atoms with Crippen LogP contribution in [0.1, 0.15) is 81.5 Å². The largest absolute Gasteiger partial charge is 0.338 e. The summed E-state index contributed by atoms with van der Waals surface area (Å²) >= 11 is 0. The number of hydrogen-bond donors (Lipinski definition) is 1. The van der Waals surface area contributed by atoms with E-state index in [4.69, 9.17) is 9.51 Å². The van der Waals surface area contributed by atoms with Crippen molar-refractivity contribution < 1.29 is 4.52 Å². The van der Waals surface area contributed by atoms with Gasteiger partial charge in [-0.3, -0.25) is 0 Å². The van der Waals surface area contributed by atoms with Crippen molar-refractivity contribution in [2.24, 2.45) is 17.8 Å². The van der Waals surface area contributed by atoms with Gasteiger partial charge in [-0.25, -0.2) is 0 Å². The molecule has 4 aliphatic rings. The SMILES string of the molecule is C1CCC2NC(c3nc(C4CC5CCC4C5)no3)CC2C1. The van der Waals surface area contributed by atoms with Crippen LogP contribution in [0.5, 0.6) is 0 Å². The molecule has 1 saturated heterocycles. The highest BCUT2D eigenvalue weighted by atomic mass is 16.5. The number of fused-ring (bicyclic) bond motifs is 3. The topological polar surface area (TPSA) is 51.0 Å². The second-order valence-corrected chi connectivity index (χ2v) is 7.88. The van der Waals surface area contributed by atoms with Gasteiger partial charge in [0.15, 0.2) is 5.82 Å². The highest BCUT2D eigenvalue weighted by Crippen LogP contribution is 2.52. The van der Waals surface area contributed by atoms with Crippen LogP contribution in [0, 0.1) is 17.8 Å². The normalized spacial score (nSPS) is 45.1. The molecule has 2 bridgehead atoms. The van der Waals surface area contributed by atoms with E-state index in [1.165, 1.54) is 57.8 Å². The summed E-state index contributed by atoms with van der Waals surface area (Å²) in [5.41, 5.74) is 0. The Kier molecular flexibility index (Phi) is 2.89. The van der Waals surface area contributed by atoms with Crippen molar-refractivity contribution in [1.82, 2.24) is 15.5 Å². The van der Waals surface area contributed by atoms with Gasteiger partial charge in [-0.2, -0.15) is 4.98 Å². The standard InChI is InChI=1S/C17H25N3O/c1-2-4-14-12(3-1)9-15(18-14)17-19-16(20-21-17)13-8-10-5-6-11(13)7-10/h10-15,18H,1-9H2. The first-order chi connectivity index (χ1) is 10.4. The van der Waals surface area contributed by atoms with Crippen LogP contribution >= 0.6 is 0 Å². The summed E-state index contributed by atoms with van der Waals surface area (Å²) in [7, 11) is 0. The lowest BCUT2D eigenvalue weighted by Crippen LogP contribution is -2.30. The summed E-state index contributed by atoms with van der Waals surface area (Å²) < 4.78 is 5.65. The first-order valence-electron chi connectivity index (χ1n) is 8.96. The second kappa shape index (κ2) is 4.80. The van der Waals surface area contributed by atoms with E-state index >= 15 is 0 Å². The van der Waals surface area contributed by atoms with Gasteiger partial charge in [0.25, 0.3) is 0 Å². The molecular weight excluding hydrogens is 262 g/mol. The molecular formula is C17H25N3O. The predicted molar refractivity (Wildman–Crippen MR) is 78.7 cm³/mol. The van der Waals surface area contributed by atoms with Crippen LogP contribution in [-0.2, 0) is 0 Å². The van der Waals surface area contributed by atoms with E-state index in [0.29, 0.717) is 18.0 Å². The van der Waals surface area contributed by atoms with Crippen LogP contribution in [0.2, 0.25) is 0 Å². The summed E-state index contributed by atoms with van der Waals surface area (Å²) in [6.07, 6.45) is 12.2. The molecule has 2 heterocycles. The van der Waals surface area contributed by atoms with Gasteiger partial charge in [0.1, 0.15) is 0 Å². The highest BCUT2D eigenvalue weighted by molar-refractivity contribution is 5.09. The van der Waals surface area contributed by atoms with Crippen LogP contribution in [0.15, 0.2) is 4.52 Å². The maximum absolute atomic E-state index is 5.65. The zero-order valence-corrected chi connectivity index (χ0v) is 12.6. The summed E-state index contributed by atoms with van der Waals surface area (Å²) in [5.74, 6) is 5.07. The zero-order valence-electron chi connectivity index (χ0n) is 12.6. The molecule has 1 aromatic rings. The molecule has 1 aromatic heterocycles. The number of aromatic nitrogens is 2. The molecule has 114 valence electrons. The maximum Gasteiger partial charge on any atom is 0.243 e. The number of rotatable bonds is 2. The Balaban J connectivity index is 1.32. The lowest BCUT2D eigenvalue weighted by atomic mass is 9.85. The van der Waals surface area contributed by atoms with Gasteiger partial charge < -0.3 is 9.84 Å². The molecule has 4 heteroatoms. The van der Waals surface area contributed by atoms with E-state index in [9.17, 15) is 0 Å². The first kappa shape index (κ1) is 12.6. The van der Waals surface area contributed by atoms with Crippen molar-refractivity contribution in [1.29, 1.82) is 0 Å². The summed E-state index contributed by atoms with van der Waals surface area (Å²) in [4.78, 5) is 4.81. The quantitative estimate of drug-likeness (QED) is 0.903. The van der Waals surface area contributed by atoms with E-state index in [1.54, 1.807) is 0 Å². The first-order valence-corrected chi connectivity index (χ1v) is 8.96. The molecule has 6 atom stereocenters. The third-order valence-electron chi connectivity index (χ3n) is 6.69. The lowest BCUT2D eigenvalue weighted by molar-refractivity contribution is 0.322. The molecule has 0 aromatic carbocycles. The molecule has 6 unspecified atom stereocenters. The van der Waals surface area contributed by atoms with E-state index in [2.05, 4.69) is 10.5 Å². The van der Waals surface area contributed by atoms with Gasteiger partial charge >= 0.3 is 0 Å². The summed E-state index contributed by atoms with van der Waals surface area (Å²) in [5, 5.41) is 8.10. The monoisotopic (exact) mass is 287 g/mol. The number of hydrogen-bond acceptors (Lipinski definition) is 4. The summed E-state index contributed by atoms with van der Waals surface area (Å²) in [6.45, 7) is 0. The van der Waals surface area contributed by atoms with Gasteiger partial charge in [0.2, 0.25) is 5.89 Å². The Morgan fingerprint density at radius 3 is 2.71 bits per heavy atom. The number of nitrogens with zero attached hydrogens (tertiary/aromatic N) is 2. The minimum Gasteiger partial charge on any atom is -0.338 e. The Morgan fingerprint density at radius 1 is 0.952 bits per heavy atom. The third-order valence-corrected chi connectivity index (χ3v) is 6.69. The van der Waals surface area contributed by atoms with Crippen molar-refractivity contribution in [2.45, 2.75) is 75.8 Å². The minimum atomic E-state index is 0.318. The molecule has 3 aliphatic carbocycles. The third kappa shape index (κ3) is 2.06. The van der Waals surface area contributed by atoms with Crippen LogP contribution in [-0.4, -0.2) is 16.2 Å². The maximum atomic E-state index is 5.65. The number of nitrogens with one attached hydrogen (secondary N) is 1. The second-order valence-electron chi connectivity index (χ2n) is 7.88. The Morgan fingerprint density at radius 2 is 1.90 bits per heavy atom. The molecule has 4 nitrogen and oxygen atoms in total. The molecule has 1 N–H and O–H groups in total. The van der Waals surface area contributed by atoms with Gasteiger partial charge in [-0.1, -0.05) is 24.4 Å². The predicted octanol–water partition coefficient (Wildman–Crippen LogP) is 3.57. The fourth-order valence-corrected chi connectivity index (χ4v) is 5.61. The molecule has 0 amide bonds. The Bertz CT molecular complexity index is 514. The molecule has 0 radical (unpaired) electrons. The fraction of sp³-hybridized carbons (Fsp3) is 0.882. The zero-order chi connectivity index (χ0) is 13.8. The molecule has 21 heavy (non-hydrogen) atoms. The molecule has 5 rings (SSSR count). The van der Waals surface area contributed by atoms with Crippen molar-refractivity contribution in [3.05, 3.63) is 11.7 Å². The van der Waals surface area contributed by atoms with Gasteiger partial charge in [0, 0.05) is 12.0 Å². The fourth-order valence-electron chi connectivity index (χ4n) is 5.61. The van der Waals surface area contributed by atoms with Crippen molar-refractivity contribution in [3.8, 4) is 0 Å². The molecule has 3 saturated carbocycles. The average Bonchev–Trinajstić information content (AvgIpc) is 3.27. The summed E-state index contributed by atoms with van der Waals surface area (Å²) in [6, 6.07) is 1.01. The Labute approximate surface area is 126 Å². The average molecular weight is 287 g/mol. The van der Waals surface area contributed by atoms with Crippen LogP contribution in [0.4, 0.5) is 0 Å². The van der Waals surface area contributed by atoms with Gasteiger partial charge in [-0.15, -0.1) is 0 Å². The van der Waals surface area contributed by atoms with Crippen molar-refractivity contribution in [3.63, 3.8) is 0 Å². The van der Waals surface area contributed by atoms with E-state index in [0.717, 1.165) is 29.5 Å². The minimum absolute atomic E-state index is 0.318. The lowest BCUT2D eigenvalue weighted by Gasteiger charge is -2.24. The Hall–Kier alpha value is -0.900. The van der Waals surface area contributed by atoms with Crippen LogP contribution in [0.25, 0.3) is 0 Å². The molecule has 0 spiro atoms. The highest BCUT2D eigenvalue weighted by Gasteiger charge is 2.43. The van der Waals surface area contributed by atoms with E-state index in [1.807, 2.05) is 0 Å².